The first-order chi connectivity index (χ1) is 17.2. The van der Waals surface area contributed by atoms with Gasteiger partial charge in [-0.3, -0.25) is 4.79 Å². The standard InChI is InChI=1S/C26H19F3O7/c1-32-17-7-9-18(10-8-17)35-24-23(31)20-12-11-19(13-21(20)36-25(24)26(27,28)29)33-15-22(30)34-14-16-5-3-2-4-6-16/h2-13H,14-15H2,1H3. The van der Waals surface area contributed by atoms with Gasteiger partial charge in [-0.15, -0.1) is 0 Å². The molecule has 4 aromatic rings. The Morgan fingerprint density at radius 3 is 2.25 bits per heavy atom. The quantitative estimate of drug-likeness (QED) is 0.286. The van der Waals surface area contributed by atoms with Gasteiger partial charge >= 0.3 is 12.1 Å². The van der Waals surface area contributed by atoms with Crippen molar-refractivity contribution in [3.05, 3.63) is 94.3 Å². The smallest absolute Gasteiger partial charge is 0.453 e. The van der Waals surface area contributed by atoms with Crippen LogP contribution in [-0.2, 0) is 22.3 Å². The number of carbonyl (C=O) groups excluding carboxylic acids is 1. The summed E-state index contributed by atoms with van der Waals surface area (Å²) < 4.78 is 66.9. The summed E-state index contributed by atoms with van der Waals surface area (Å²) in [6.07, 6.45) is -5.02. The zero-order valence-electron chi connectivity index (χ0n) is 18.8. The van der Waals surface area contributed by atoms with Crippen molar-refractivity contribution in [2.45, 2.75) is 12.8 Å². The van der Waals surface area contributed by atoms with Crippen molar-refractivity contribution in [1.82, 2.24) is 0 Å². The Hall–Kier alpha value is -4.47. The summed E-state index contributed by atoms with van der Waals surface area (Å²) in [5.41, 5.74) is -0.622. The van der Waals surface area contributed by atoms with Gasteiger partial charge in [-0.2, -0.15) is 13.2 Å². The normalized spacial score (nSPS) is 11.2. The summed E-state index contributed by atoms with van der Waals surface area (Å²) in [4.78, 5) is 24.9. The molecule has 4 rings (SSSR count). The fourth-order valence-electron chi connectivity index (χ4n) is 3.21. The van der Waals surface area contributed by atoms with Crippen LogP contribution in [0.1, 0.15) is 11.3 Å². The Kier molecular flexibility index (Phi) is 7.14. The molecule has 0 N–H and O–H groups in total. The van der Waals surface area contributed by atoms with Gasteiger partial charge < -0.3 is 23.4 Å². The van der Waals surface area contributed by atoms with Gasteiger partial charge in [0.15, 0.2) is 6.61 Å². The van der Waals surface area contributed by atoms with Crippen molar-refractivity contribution in [2.24, 2.45) is 0 Å². The zero-order valence-corrected chi connectivity index (χ0v) is 18.8. The number of alkyl halides is 3. The molecule has 0 amide bonds. The molecule has 0 saturated carbocycles. The van der Waals surface area contributed by atoms with E-state index in [0.717, 1.165) is 11.6 Å². The highest BCUT2D eigenvalue weighted by Crippen LogP contribution is 2.38. The topological polar surface area (TPSA) is 84.2 Å². The first kappa shape index (κ1) is 24.6. The van der Waals surface area contributed by atoms with Crippen LogP contribution < -0.4 is 19.6 Å². The fraction of sp³-hybridized carbons (Fsp3) is 0.154. The van der Waals surface area contributed by atoms with Gasteiger partial charge in [0.25, 0.3) is 5.76 Å². The van der Waals surface area contributed by atoms with E-state index in [0.29, 0.717) is 5.75 Å². The molecule has 36 heavy (non-hydrogen) atoms. The first-order valence-corrected chi connectivity index (χ1v) is 10.6. The highest BCUT2D eigenvalue weighted by atomic mass is 19.4. The summed E-state index contributed by atoms with van der Waals surface area (Å²) in [5, 5.41) is -0.162. The van der Waals surface area contributed by atoms with E-state index in [-0.39, 0.29) is 29.1 Å². The number of carbonyl (C=O) groups is 1. The summed E-state index contributed by atoms with van der Waals surface area (Å²) >= 11 is 0. The van der Waals surface area contributed by atoms with Crippen molar-refractivity contribution in [3.63, 3.8) is 0 Å². The van der Waals surface area contributed by atoms with E-state index in [2.05, 4.69) is 0 Å². The Morgan fingerprint density at radius 1 is 0.917 bits per heavy atom. The second kappa shape index (κ2) is 10.4. The average Bonchev–Trinajstić information content (AvgIpc) is 2.88. The molecular formula is C26H19F3O7. The molecule has 10 heteroatoms. The lowest BCUT2D eigenvalue weighted by Gasteiger charge is -2.14. The molecule has 186 valence electrons. The number of benzene rings is 3. The molecule has 0 spiro atoms. The maximum Gasteiger partial charge on any atom is 0.453 e. The maximum atomic E-state index is 13.7. The third kappa shape index (κ3) is 5.77. The second-order valence-corrected chi connectivity index (χ2v) is 7.46. The van der Waals surface area contributed by atoms with Crippen LogP contribution in [0.4, 0.5) is 13.2 Å². The Balaban J connectivity index is 1.55. The monoisotopic (exact) mass is 500 g/mol. The molecule has 0 fully saturated rings. The van der Waals surface area contributed by atoms with E-state index in [1.165, 1.54) is 43.5 Å². The third-order valence-corrected chi connectivity index (χ3v) is 4.96. The molecule has 0 saturated heterocycles. The summed E-state index contributed by atoms with van der Waals surface area (Å²) in [6.45, 7) is -0.449. The number of hydrogen-bond donors (Lipinski definition) is 0. The molecule has 0 aliphatic carbocycles. The SMILES string of the molecule is COc1ccc(Oc2c(C(F)(F)F)oc3cc(OCC(=O)OCc4ccccc4)ccc3c2=O)cc1. The Labute approximate surface area is 202 Å². The minimum atomic E-state index is -5.02. The summed E-state index contributed by atoms with van der Waals surface area (Å²) in [7, 11) is 1.43. The molecular weight excluding hydrogens is 481 g/mol. The highest BCUT2D eigenvalue weighted by Gasteiger charge is 2.40. The number of rotatable bonds is 8. The van der Waals surface area contributed by atoms with Crippen molar-refractivity contribution >= 4 is 16.9 Å². The second-order valence-electron chi connectivity index (χ2n) is 7.46. The molecule has 0 unspecified atom stereocenters. The minimum Gasteiger partial charge on any atom is -0.497 e. The number of ether oxygens (including phenoxy) is 4. The van der Waals surface area contributed by atoms with E-state index in [9.17, 15) is 22.8 Å². The largest absolute Gasteiger partial charge is 0.497 e. The number of hydrogen-bond acceptors (Lipinski definition) is 7. The Morgan fingerprint density at radius 2 is 1.58 bits per heavy atom. The maximum absolute atomic E-state index is 13.7. The molecule has 0 bridgehead atoms. The van der Waals surface area contributed by atoms with E-state index in [4.69, 9.17) is 23.4 Å². The molecule has 0 aliphatic heterocycles. The number of halogens is 3. The van der Waals surface area contributed by atoms with Crippen LogP contribution in [0.5, 0.6) is 23.0 Å². The van der Waals surface area contributed by atoms with Crippen LogP contribution in [-0.4, -0.2) is 19.7 Å². The van der Waals surface area contributed by atoms with Crippen LogP contribution in [0.15, 0.2) is 82.0 Å². The van der Waals surface area contributed by atoms with Crippen LogP contribution in [0.3, 0.4) is 0 Å². The lowest BCUT2D eigenvalue weighted by Crippen LogP contribution is -2.16. The van der Waals surface area contributed by atoms with Crippen LogP contribution in [0.2, 0.25) is 0 Å². The molecule has 1 heterocycles. The van der Waals surface area contributed by atoms with Gasteiger partial charge in [0, 0.05) is 6.07 Å². The molecule has 3 aromatic carbocycles. The number of methoxy groups -OCH3 is 1. The number of fused-ring (bicyclic) bond motifs is 1. The van der Waals surface area contributed by atoms with Crippen molar-refractivity contribution in [2.75, 3.05) is 13.7 Å². The third-order valence-electron chi connectivity index (χ3n) is 4.96. The first-order valence-electron chi connectivity index (χ1n) is 10.6. The fourth-order valence-corrected chi connectivity index (χ4v) is 3.21. The van der Waals surface area contributed by atoms with Gasteiger partial charge in [-0.1, -0.05) is 30.3 Å². The van der Waals surface area contributed by atoms with Gasteiger partial charge in [-0.05, 0) is 42.0 Å². The lowest BCUT2D eigenvalue weighted by atomic mass is 10.2. The Bertz CT molecular complexity index is 1410. The van der Waals surface area contributed by atoms with Crippen LogP contribution in [0.25, 0.3) is 11.0 Å². The summed E-state index contributed by atoms with van der Waals surface area (Å²) in [5.74, 6) is -2.82. The predicted molar refractivity (Wildman–Crippen MR) is 122 cm³/mol. The molecule has 0 aliphatic rings. The summed E-state index contributed by atoms with van der Waals surface area (Å²) in [6, 6.07) is 18.3. The van der Waals surface area contributed by atoms with Crippen LogP contribution >= 0.6 is 0 Å². The van der Waals surface area contributed by atoms with Crippen molar-refractivity contribution in [3.8, 4) is 23.0 Å². The predicted octanol–water partition coefficient (Wildman–Crippen LogP) is 5.73. The minimum absolute atomic E-state index is 0.0121. The van der Waals surface area contributed by atoms with Crippen LogP contribution in [0, 0.1) is 0 Å². The lowest BCUT2D eigenvalue weighted by molar-refractivity contribution is -0.154. The van der Waals surface area contributed by atoms with E-state index in [1.807, 2.05) is 6.07 Å². The molecule has 1 aromatic heterocycles. The van der Waals surface area contributed by atoms with E-state index in [1.54, 1.807) is 24.3 Å². The van der Waals surface area contributed by atoms with E-state index >= 15 is 0 Å². The molecule has 0 radical (unpaired) electrons. The highest BCUT2D eigenvalue weighted by molar-refractivity contribution is 5.80. The van der Waals surface area contributed by atoms with Gasteiger partial charge in [0.2, 0.25) is 11.2 Å². The van der Waals surface area contributed by atoms with Crippen molar-refractivity contribution < 1.29 is 41.3 Å². The average molecular weight is 500 g/mol. The van der Waals surface area contributed by atoms with Gasteiger partial charge in [0.1, 0.15) is 29.4 Å². The van der Waals surface area contributed by atoms with Gasteiger partial charge in [-0.25, -0.2) is 4.79 Å². The molecule has 7 nitrogen and oxygen atoms in total. The van der Waals surface area contributed by atoms with Gasteiger partial charge in [0.05, 0.1) is 12.5 Å². The zero-order chi connectivity index (χ0) is 25.7. The van der Waals surface area contributed by atoms with E-state index < -0.39 is 35.7 Å². The molecule has 0 atom stereocenters. The number of esters is 1. The van der Waals surface area contributed by atoms with Crippen molar-refractivity contribution in [1.29, 1.82) is 0 Å².